The summed E-state index contributed by atoms with van der Waals surface area (Å²) in [6, 6.07) is 15.2. The van der Waals surface area contributed by atoms with Crippen molar-refractivity contribution in [2.75, 3.05) is 42.5 Å². The normalized spacial score (nSPS) is 24.4. The zero-order valence-corrected chi connectivity index (χ0v) is 16.9. The Morgan fingerprint density at radius 3 is 2.63 bits per heavy atom. The lowest BCUT2D eigenvalue weighted by atomic mass is 10.0. The van der Waals surface area contributed by atoms with Crippen molar-refractivity contribution in [1.29, 1.82) is 0 Å². The summed E-state index contributed by atoms with van der Waals surface area (Å²) in [5.74, 6) is 2.30. The van der Waals surface area contributed by atoms with Gasteiger partial charge in [0.15, 0.2) is 5.82 Å². The quantitative estimate of drug-likeness (QED) is 0.715. The van der Waals surface area contributed by atoms with Crippen LogP contribution in [0.3, 0.4) is 0 Å². The second kappa shape index (κ2) is 7.18. The first-order chi connectivity index (χ1) is 14.7. The molecule has 5 heterocycles. The van der Waals surface area contributed by atoms with Crippen LogP contribution in [0.4, 0.5) is 11.8 Å². The summed E-state index contributed by atoms with van der Waals surface area (Å²) >= 11 is 0. The fraction of sp³-hybridized carbons (Fsp3) is 0.435. The summed E-state index contributed by atoms with van der Waals surface area (Å²) in [6.07, 6.45) is 2.77. The molecular formula is C23H26N6O. The first kappa shape index (κ1) is 18.0. The zero-order chi connectivity index (χ0) is 20.1. The lowest BCUT2D eigenvalue weighted by molar-refractivity contribution is 0.140. The van der Waals surface area contributed by atoms with Crippen molar-refractivity contribution >= 4 is 22.8 Å². The van der Waals surface area contributed by atoms with Gasteiger partial charge in [-0.15, -0.1) is 0 Å². The van der Waals surface area contributed by atoms with E-state index in [0.29, 0.717) is 31.0 Å². The van der Waals surface area contributed by atoms with Gasteiger partial charge < -0.3 is 14.9 Å². The van der Waals surface area contributed by atoms with E-state index in [0.717, 1.165) is 43.0 Å². The Balaban J connectivity index is 1.28. The van der Waals surface area contributed by atoms with Crippen molar-refractivity contribution in [1.82, 2.24) is 19.9 Å². The summed E-state index contributed by atoms with van der Waals surface area (Å²) in [7, 11) is 0. The maximum atomic E-state index is 9.71. The standard InChI is InChI=1S/C23H26N6O/c30-18-13-29(14-18)23-25-19-7-4-9-24-21(19)22(26-23)28-12-17-8-10-27(20(17)15-28)11-16-5-2-1-3-6-16/h1-7,9,17-18,20,30H,8,10-15H2. The molecule has 30 heavy (non-hydrogen) atoms. The van der Waals surface area contributed by atoms with E-state index in [4.69, 9.17) is 9.97 Å². The van der Waals surface area contributed by atoms with Crippen LogP contribution in [0, 0.1) is 5.92 Å². The van der Waals surface area contributed by atoms with Crippen LogP contribution in [-0.4, -0.2) is 69.8 Å². The average Bonchev–Trinajstić information content (AvgIpc) is 3.33. The lowest BCUT2D eigenvalue weighted by Gasteiger charge is -2.36. The number of fused-ring (bicyclic) bond motifs is 2. The van der Waals surface area contributed by atoms with Crippen LogP contribution in [0.1, 0.15) is 12.0 Å². The number of hydrogen-bond acceptors (Lipinski definition) is 7. The van der Waals surface area contributed by atoms with Gasteiger partial charge in [0.2, 0.25) is 5.95 Å². The number of hydrogen-bond donors (Lipinski definition) is 1. The molecule has 7 heteroatoms. The SMILES string of the molecule is OC1CN(c2nc(N3CC4CCN(Cc5ccccc5)C4C3)c3ncccc3n2)C1. The highest BCUT2D eigenvalue weighted by Crippen LogP contribution is 2.37. The number of benzene rings is 1. The molecular weight excluding hydrogens is 376 g/mol. The highest BCUT2D eigenvalue weighted by molar-refractivity contribution is 5.87. The van der Waals surface area contributed by atoms with Gasteiger partial charge in [0.05, 0.1) is 11.6 Å². The van der Waals surface area contributed by atoms with Crippen LogP contribution in [0.15, 0.2) is 48.7 Å². The van der Waals surface area contributed by atoms with Gasteiger partial charge in [-0.3, -0.25) is 9.88 Å². The van der Waals surface area contributed by atoms with Gasteiger partial charge in [0.25, 0.3) is 0 Å². The van der Waals surface area contributed by atoms with Gasteiger partial charge in [-0.2, -0.15) is 4.98 Å². The Morgan fingerprint density at radius 1 is 0.933 bits per heavy atom. The van der Waals surface area contributed by atoms with Crippen molar-refractivity contribution in [2.45, 2.75) is 25.1 Å². The van der Waals surface area contributed by atoms with E-state index in [2.05, 4.69) is 45.1 Å². The summed E-state index contributed by atoms with van der Waals surface area (Å²) in [6.45, 7) is 5.36. The van der Waals surface area contributed by atoms with Crippen molar-refractivity contribution in [3.8, 4) is 0 Å². The molecule has 2 aromatic heterocycles. The minimum atomic E-state index is -0.278. The predicted molar refractivity (Wildman–Crippen MR) is 117 cm³/mol. The third-order valence-electron chi connectivity index (χ3n) is 6.76. The fourth-order valence-electron chi connectivity index (χ4n) is 5.16. The van der Waals surface area contributed by atoms with Crippen LogP contribution in [-0.2, 0) is 6.54 Å². The van der Waals surface area contributed by atoms with Gasteiger partial charge in [0.1, 0.15) is 5.52 Å². The van der Waals surface area contributed by atoms with Gasteiger partial charge in [-0.1, -0.05) is 30.3 Å². The van der Waals surface area contributed by atoms with Crippen LogP contribution in [0.5, 0.6) is 0 Å². The van der Waals surface area contributed by atoms with Crippen molar-refractivity contribution in [2.24, 2.45) is 5.92 Å². The first-order valence-electron chi connectivity index (χ1n) is 10.8. The summed E-state index contributed by atoms with van der Waals surface area (Å²) in [5, 5.41) is 9.71. The fourth-order valence-corrected chi connectivity index (χ4v) is 5.16. The molecule has 3 aliphatic rings. The topological polar surface area (TPSA) is 68.6 Å². The molecule has 0 spiro atoms. The third kappa shape index (κ3) is 3.09. The number of aromatic nitrogens is 3. The van der Waals surface area contributed by atoms with Crippen LogP contribution < -0.4 is 9.80 Å². The molecule has 3 saturated heterocycles. The van der Waals surface area contributed by atoms with Gasteiger partial charge in [-0.25, -0.2) is 4.98 Å². The second-order valence-corrected chi connectivity index (χ2v) is 8.75. The van der Waals surface area contributed by atoms with Crippen molar-refractivity contribution in [3.05, 3.63) is 54.2 Å². The summed E-state index contributed by atoms with van der Waals surface area (Å²) < 4.78 is 0. The van der Waals surface area contributed by atoms with Crippen LogP contribution >= 0.6 is 0 Å². The summed E-state index contributed by atoms with van der Waals surface area (Å²) in [4.78, 5) is 21.3. The molecule has 0 aliphatic carbocycles. The number of aliphatic hydroxyl groups is 1. The number of likely N-dealkylation sites (tertiary alicyclic amines) is 1. The van der Waals surface area contributed by atoms with E-state index in [9.17, 15) is 5.11 Å². The van der Waals surface area contributed by atoms with Crippen molar-refractivity contribution < 1.29 is 5.11 Å². The smallest absolute Gasteiger partial charge is 0.228 e. The first-order valence-corrected chi connectivity index (χ1v) is 10.8. The molecule has 2 unspecified atom stereocenters. The molecule has 7 nitrogen and oxygen atoms in total. The molecule has 0 radical (unpaired) electrons. The molecule has 0 saturated carbocycles. The van der Waals surface area contributed by atoms with E-state index in [1.54, 1.807) is 0 Å². The molecule has 154 valence electrons. The number of aliphatic hydroxyl groups excluding tert-OH is 1. The van der Waals surface area contributed by atoms with E-state index < -0.39 is 0 Å². The lowest BCUT2D eigenvalue weighted by Crippen LogP contribution is -2.51. The van der Waals surface area contributed by atoms with Crippen LogP contribution in [0.2, 0.25) is 0 Å². The Labute approximate surface area is 176 Å². The molecule has 0 bridgehead atoms. The maximum Gasteiger partial charge on any atom is 0.228 e. The molecule has 2 atom stereocenters. The minimum Gasteiger partial charge on any atom is -0.389 e. The molecule has 3 aliphatic heterocycles. The molecule has 3 aromatic rings. The third-order valence-corrected chi connectivity index (χ3v) is 6.76. The summed E-state index contributed by atoms with van der Waals surface area (Å²) in [5.41, 5.74) is 3.12. The monoisotopic (exact) mass is 402 g/mol. The van der Waals surface area contributed by atoms with Gasteiger partial charge >= 0.3 is 0 Å². The number of rotatable bonds is 4. The van der Waals surface area contributed by atoms with E-state index in [1.807, 2.05) is 23.2 Å². The number of anilines is 2. The maximum absolute atomic E-state index is 9.71. The van der Waals surface area contributed by atoms with Gasteiger partial charge in [0, 0.05) is 45.0 Å². The average molecular weight is 403 g/mol. The highest BCUT2D eigenvalue weighted by Gasteiger charge is 2.42. The molecule has 1 N–H and O–H groups in total. The van der Waals surface area contributed by atoms with Crippen LogP contribution in [0.25, 0.3) is 11.0 Å². The molecule has 0 amide bonds. The largest absolute Gasteiger partial charge is 0.389 e. The molecule has 1 aromatic carbocycles. The molecule has 3 fully saturated rings. The van der Waals surface area contributed by atoms with E-state index >= 15 is 0 Å². The van der Waals surface area contributed by atoms with E-state index in [1.165, 1.54) is 12.0 Å². The van der Waals surface area contributed by atoms with E-state index in [-0.39, 0.29) is 6.10 Å². The Bertz CT molecular complexity index is 1050. The number of nitrogens with zero attached hydrogens (tertiary/aromatic N) is 6. The minimum absolute atomic E-state index is 0.278. The predicted octanol–water partition coefficient (Wildman–Crippen LogP) is 1.92. The number of β-amino-alcohol motifs (C(OH)–C–C–N with tert-alkyl or cyclic N) is 1. The highest BCUT2D eigenvalue weighted by atomic mass is 16.3. The van der Waals surface area contributed by atoms with Crippen molar-refractivity contribution in [3.63, 3.8) is 0 Å². The Morgan fingerprint density at radius 2 is 1.80 bits per heavy atom. The zero-order valence-electron chi connectivity index (χ0n) is 16.9. The Hall–Kier alpha value is -2.77. The van der Waals surface area contributed by atoms with Gasteiger partial charge in [-0.05, 0) is 36.6 Å². The Kier molecular flexibility index (Phi) is 4.32. The molecule has 6 rings (SSSR count). The number of pyridine rings is 1. The second-order valence-electron chi connectivity index (χ2n) is 8.75.